The van der Waals surface area contributed by atoms with Crippen LogP contribution in [0.5, 0.6) is 0 Å². The maximum Gasteiger partial charge on any atom is 0.371 e. The van der Waals surface area contributed by atoms with Crippen molar-refractivity contribution in [3.05, 3.63) is 84.6 Å². The third-order valence-electron chi connectivity index (χ3n) is 4.54. The van der Waals surface area contributed by atoms with Crippen LogP contribution in [0.3, 0.4) is 0 Å². The molecule has 8 heteroatoms. The van der Waals surface area contributed by atoms with E-state index in [-0.39, 0.29) is 11.5 Å². The molecule has 152 valence electrons. The van der Waals surface area contributed by atoms with Gasteiger partial charge in [-0.3, -0.25) is 0 Å². The van der Waals surface area contributed by atoms with Gasteiger partial charge in [-0.05, 0) is 41.1 Å². The minimum Gasteiger partial charge on any atom is -0.475 e. The molecule has 0 unspecified atom stereocenters. The summed E-state index contributed by atoms with van der Waals surface area (Å²) >= 11 is 1.43. The highest BCUT2D eigenvalue weighted by molar-refractivity contribution is 7.17. The summed E-state index contributed by atoms with van der Waals surface area (Å²) in [6.45, 7) is 0. The highest BCUT2D eigenvalue weighted by atomic mass is 32.1. The number of carboxylic acid groups (broad SMARTS) is 1. The fraction of sp³-hybridized carbons (Fsp3) is 0. The van der Waals surface area contributed by atoms with E-state index in [9.17, 15) is 9.90 Å². The van der Waals surface area contributed by atoms with Crippen LogP contribution in [0.2, 0.25) is 0 Å². The van der Waals surface area contributed by atoms with E-state index < -0.39 is 5.97 Å². The molecule has 31 heavy (non-hydrogen) atoms. The summed E-state index contributed by atoms with van der Waals surface area (Å²) in [5.41, 5.74) is 1.33. The molecule has 0 aliphatic carbocycles. The van der Waals surface area contributed by atoms with Gasteiger partial charge in [0.2, 0.25) is 11.5 Å². The standard InChI is InChI=1S/C23H14N2O5S/c26-23(27)19-11-14-2-1-3-17(10-14)29-9-8-28-16-6-4-15(5-7-16)18-12-31-22-20(18)21(30-19)24-13-25-22/h1-13H,(H,26,27). The molecule has 0 fully saturated rings. The number of carbonyl (C=O) groups is 1. The number of thiophene rings is 1. The molecule has 0 spiro atoms. The largest absolute Gasteiger partial charge is 0.475 e. The Morgan fingerprint density at radius 2 is 1.74 bits per heavy atom. The van der Waals surface area contributed by atoms with E-state index in [1.165, 1.54) is 36.3 Å². The normalized spacial score (nSPS) is 10.8. The van der Waals surface area contributed by atoms with Crippen molar-refractivity contribution in [1.29, 1.82) is 0 Å². The van der Waals surface area contributed by atoms with Crippen molar-refractivity contribution in [2.75, 3.05) is 0 Å². The van der Waals surface area contributed by atoms with Gasteiger partial charge in [-0.2, -0.15) is 0 Å². The van der Waals surface area contributed by atoms with Crippen LogP contribution in [0.15, 0.2) is 92.1 Å². The fourth-order valence-electron chi connectivity index (χ4n) is 3.13. The minimum absolute atomic E-state index is 0.175. The molecule has 7 nitrogen and oxygen atoms in total. The lowest BCUT2D eigenvalue weighted by atomic mass is 10.2. The van der Waals surface area contributed by atoms with Crippen molar-refractivity contribution in [3.8, 4) is 0 Å². The topological polar surface area (TPSA) is 102 Å². The monoisotopic (exact) mass is 430 g/mol. The molecule has 0 amide bonds. The van der Waals surface area contributed by atoms with Gasteiger partial charge in [0.05, 0.1) is 5.39 Å². The number of benzene rings is 2. The van der Waals surface area contributed by atoms with Crippen LogP contribution in [0.25, 0.3) is 43.3 Å². The molecule has 4 aromatic heterocycles. The molecule has 6 rings (SSSR count). The molecule has 0 saturated heterocycles. The van der Waals surface area contributed by atoms with Crippen LogP contribution >= 0.6 is 11.3 Å². The molecule has 4 bridgehead atoms. The molecule has 0 aliphatic heterocycles. The van der Waals surface area contributed by atoms with Crippen LogP contribution in [-0.4, -0.2) is 21.0 Å². The van der Waals surface area contributed by atoms with Crippen molar-refractivity contribution in [3.63, 3.8) is 0 Å². The van der Waals surface area contributed by atoms with Crippen LogP contribution in [-0.2, 0) is 0 Å². The average molecular weight is 430 g/mol. The minimum atomic E-state index is -1.22. The Hall–Kier alpha value is -4.17. The van der Waals surface area contributed by atoms with E-state index in [2.05, 4.69) is 9.97 Å². The van der Waals surface area contributed by atoms with Crippen LogP contribution in [0.4, 0.5) is 0 Å². The summed E-state index contributed by atoms with van der Waals surface area (Å²) in [5, 5.41) is 14.7. The summed E-state index contributed by atoms with van der Waals surface area (Å²) < 4.78 is 16.9. The van der Waals surface area contributed by atoms with E-state index in [4.69, 9.17) is 13.3 Å². The maximum absolute atomic E-state index is 11.9. The van der Waals surface area contributed by atoms with Crippen molar-refractivity contribution >= 4 is 60.6 Å². The SMILES string of the molecule is O=C(O)c1cc2cccc(c2)occoc2ccc(cc2)c2csc3ncnc(o1)c32. The first-order chi connectivity index (χ1) is 15.2. The highest BCUT2D eigenvalue weighted by Gasteiger charge is 2.10. The Bertz CT molecular complexity index is 1570. The van der Waals surface area contributed by atoms with Crippen molar-refractivity contribution < 1.29 is 23.2 Å². The molecular weight excluding hydrogens is 416 g/mol. The number of aromatic nitrogens is 2. The first kappa shape index (κ1) is 18.8. The zero-order valence-electron chi connectivity index (χ0n) is 15.9. The summed E-state index contributed by atoms with van der Waals surface area (Å²) in [6.07, 6.45) is 4.21. The predicted octanol–water partition coefficient (Wildman–Crippen LogP) is 6.44. The molecule has 6 aromatic rings. The van der Waals surface area contributed by atoms with E-state index in [0.717, 1.165) is 10.8 Å². The van der Waals surface area contributed by atoms with Gasteiger partial charge in [0.25, 0.3) is 0 Å². The lowest BCUT2D eigenvalue weighted by Crippen LogP contribution is -1.94. The number of rotatable bonds is 1. The Morgan fingerprint density at radius 3 is 2.55 bits per heavy atom. The van der Waals surface area contributed by atoms with Gasteiger partial charge in [-0.15, -0.1) is 11.3 Å². The number of hydrogen-bond donors (Lipinski definition) is 1. The van der Waals surface area contributed by atoms with E-state index >= 15 is 0 Å². The lowest BCUT2D eigenvalue weighted by Gasteiger charge is -1.96. The summed E-state index contributed by atoms with van der Waals surface area (Å²) in [5.74, 6) is -1.49. The third kappa shape index (κ3) is 3.84. The van der Waals surface area contributed by atoms with Crippen LogP contribution in [0.1, 0.15) is 10.6 Å². The van der Waals surface area contributed by atoms with Gasteiger partial charge < -0.3 is 18.4 Å². The molecule has 0 radical (unpaired) electrons. The molecule has 0 aliphatic rings. The Balaban J connectivity index is 1.99. The van der Waals surface area contributed by atoms with Crippen LogP contribution < -0.4 is 0 Å². The van der Waals surface area contributed by atoms with Gasteiger partial charge in [-0.1, -0.05) is 24.3 Å². The first-order valence-electron chi connectivity index (χ1n) is 9.21. The lowest BCUT2D eigenvalue weighted by molar-refractivity contribution is 0.0663. The number of carboxylic acids is 1. The van der Waals surface area contributed by atoms with Crippen LogP contribution in [0, 0.1) is 0 Å². The maximum atomic E-state index is 11.9. The smallest absolute Gasteiger partial charge is 0.371 e. The van der Waals surface area contributed by atoms with Gasteiger partial charge >= 0.3 is 5.97 Å². The second-order valence-corrected chi connectivity index (χ2v) is 7.39. The van der Waals surface area contributed by atoms with E-state index in [1.54, 1.807) is 24.3 Å². The second-order valence-electron chi connectivity index (χ2n) is 6.53. The summed E-state index contributed by atoms with van der Waals surface area (Å²) in [7, 11) is 0. The third-order valence-corrected chi connectivity index (χ3v) is 5.42. The zero-order valence-corrected chi connectivity index (χ0v) is 16.7. The van der Waals surface area contributed by atoms with Gasteiger partial charge in [0, 0.05) is 10.8 Å². The van der Waals surface area contributed by atoms with Crippen molar-refractivity contribution in [2.24, 2.45) is 0 Å². The Morgan fingerprint density at radius 1 is 0.935 bits per heavy atom. The van der Waals surface area contributed by atoms with E-state index in [1.807, 2.05) is 29.6 Å². The van der Waals surface area contributed by atoms with Crippen molar-refractivity contribution in [2.45, 2.75) is 0 Å². The predicted molar refractivity (Wildman–Crippen MR) is 118 cm³/mol. The molecule has 1 N–H and O–H groups in total. The molecule has 0 atom stereocenters. The number of fused-ring (bicyclic) bond motifs is 7. The number of hydrogen-bond acceptors (Lipinski definition) is 7. The number of aromatic carboxylic acids is 1. The fourth-order valence-corrected chi connectivity index (χ4v) is 4.04. The Kier molecular flexibility index (Phi) is 4.81. The molecule has 4 heterocycles. The van der Waals surface area contributed by atoms with Gasteiger partial charge in [0.15, 0.2) is 0 Å². The Labute approximate surface area is 178 Å². The first-order valence-corrected chi connectivity index (χ1v) is 10.1. The summed E-state index contributed by atoms with van der Waals surface area (Å²) in [4.78, 5) is 21.1. The molecule has 0 saturated carbocycles. The highest BCUT2D eigenvalue weighted by Crippen LogP contribution is 2.30. The van der Waals surface area contributed by atoms with Crippen molar-refractivity contribution in [1.82, 2.24) is 9.97 Å². The zero-order chi connectivity index (χ0) is 21.2. The second kappa shape index (κ2) is 7.92. The molecule has 2 aromatic carbocycles. The average Bonchev–Trinajstić information content (AvgIpc) is 3.22. The van der Waals surface area contributed by atoms with Gasteiger partial charge in [0.1, 0.15) is 34.9 Å². The van der Waals surface area contributed by atoms with E-state index in [0.29, 0.717) is 26.8 Å². The molecular formula is C23H14N2O5S. The summed E-state index contributed by atoms with van der Waals surface area (Å²) in [6, 6.07) is 15.8. The number of nitrogens with zero attached hydrogens (tertiary/aromatic N) is 2. The van der Waals surface area contributed by atoms with Gasteiger partial charge in [-0.25, -0.2) is 14.8 Å². The quantitative estimate of drug-likeness (QED) is 0.326.